The highest BCUT2D eigenvalue weighted by molar-refractivity contribution is 8.00. The molecule has 0 radical (unpaired) electrons. The SMILES string of the molecule is C=CC(C#N)Sc1cc(Oc2ccc(C(F)(F)F)cc2Cl)ccc1[N+](=O)[O-]. The van der Waals surface area contributed by atoms with Gasteiger partial charge in [0.15, 0.2) is 0 Å². The lowest BCUT2D eigenvalue weighted by atomic mass is 10.2. The molecule has 0 spiro atoms. The standard InChI is InChI=1S/C17H10ClF3N2O3S/c1-2-12(9-22)27-16-8-11(4-5-14(16)23(24)25)26-15-6-3-10(7-13(15)18)17(19,20)21/h2-8,12H,1H2. The second-order valence-electron chi connectivity index (χ2n) is 5.03. The predicted octanol–water partition coefficient (Wildman–Crippen LogP) is 6.23. The summed E-state index contributed by atoms with van der Waals surface area (Å²) in [6.45, 7) is 3.48. The van der Waals surface area contributed by atoms with Gasteiger partial charge in [-0.1, -0.05) is 29.4 Å². The van der Waals surface area contributed by atoms with Crippen molar-refractivity contribution in [3.63, 3.8) is 0 Å². The average Bonchev–Trinajstić information content (AvgIpc) is 2.60. The molecule has 0 bridgehead atoms. The van der Waals surface area contributed by atoms with Crippen LogP contribution in [-0.4, -0.2) is 10.2 Å². The van der Waals surface area contributed by atoms with Gasteiger partial charge in [0, 0.05) is 12.1 Å². The molecule has 1 unspecified atom stereocenters. The van der Waals surface area contributed by atoms with Crippen LogP contribution in [0.25, 0.3) is 0 Å². The van der Waals surface area contributed by atoms with Crippen LogP contribution in [0.2, 0.25) is 5.02 Å². The van der Waals surface area contributed by atoms with Gasteiger partial charge in [0.2, 0.25) is 0 Å². The maximum absolute atomic E-state index is 12.7. The van der Waals surface area contributed by atoms with Gasteiger partial charge < -0.3 is 4.74 Å². The molecule has 27 heavy (non-hydrogen) atoms. The minimum absolute atomic E-state index is 0.0463. The number of hydrogen-bond acceptors (Lipinski definition) is 5. The number of halogens is 4. The monoisotopic (exact) mass is 414 g/mol. The summed E-state index contributed by atoms with van der Waals surface area (Å²) in [7, 11) is 0. The second-order valence-corrected chi connectivity index (χ2v) is 6.63. The molecule has 2 aromatic carbocycles. The Morgan fingerprint density at radius 2 is 2.04 bits per heavy atom. The Morgan fingerprint density at radius 1 is 1.33 bits per heavy atom. The van der Waals surface area contributed by atoms with Gasteiger partial charge in [-0.15, -0.1) is 6.58 Å². The summed E-state index contributed by atoms with van der Waals surface area (Å²) < 4.78 is 43.5. The van der Waals surface area contributed by atoms with Crippen molar-refractivity contribution in [1.29, 1.82) is 5.26 Å². The first-order chi connectivity index (χ1) is 12.7. The third-order valence-electron chi connectivity index (χ3n) is 3.21. The molecule has 0 aliphatic heterocycles. The molecule has 10 heteroatoms. The van der Waals surface area contributed by atoms with E-state index in [1.807, 2.05) is 6.07 Å². The summed E-state index contributed by atoms with van der Waals surface area (Å²) in [5.41, 5.74) is -1.17. The zero-order valence-corrected chi connectivity index (χ0v) is 14.9. The predicted molar refractivity (Wildman–Crippen MR) is 95.1 cm³/mol. The van der Waals surface area contributed by atoms with Gasteiger partial charge >= 0.3 is 6.18 Å². The fraction of sp³-hybridized carbons (Fsp3) is 0.118. The van der Waals surface area contributed by atoms with Gasteiger partial charge in [-0.2, -0.15) is 18.4 Å². The fourth-order valence-electron chi connectivity index (χ4n) is 1.95. The normalized spacial score (nSPS) is 12.1. The zero-order valence-electron chi connectivity index (χ0n) is 13.4. The van der Waals surface area contributed by atoms with Gasteiger partial charge in [0.05, 0.1) is 26.5 Å². The number of nitro groups is 1. The van der Waals surface area contributed by atoms with Gasteiger partial charge in [0.25, 0.3) is 5.69 Å². The van der Waals surface area contributed by atoms with Crippen LogP contribution < -0.4 is 4.74 Å². The topological polar surface area (TPSA) is 76.2 Å². The molecule has 0 aromatic heterocycles. The van der Waals surface area contributed by atoms with Gasteiger partial charge in [-0.05, 0) is 24.3 Å². The zero-order chi connectivity index (χ0) is 20.2. The molecule has 0 aliphatic rings. The van der Waals surface area contributed by atoms with E-state index in [9.17, 15) is 23.3 Å². The van der Waals surface area contributed by atoms with Crippen LogP contribution in [0.5, 0.6) is 11.5 Å². The van der Waals surface area contributed by atoms with Crippen molar-refractivity contribution in [2.24, 2.45) is 0 Å². The van der Waals surface area contributed by atoms with Gasteiger partial charge in [0.1, 0.15) is 16.7 Å². The molecule has 5 nitrogen and oxygen atoms in total. The number of benzene rings is 2. The lowest BCUT2D eigenvalue weighted by molar-refractivity contribution is -0.387. The number of rotatable bonds is 6. The summed E-state index contributed by atoms with van der Waals surface area (Å²) in [5.74, 6) is 0.0699. The first-order valence-electron chi connectivity index (χ1n) is 7.17. The van der Waals surface area contributed by atoms with E-state index >= 15 is 0 Å². The Hall–Kier alpha value is -2.70. The van der Waals surface area contributed by atoms with E-state index in [1.54, 1.807) is 0 Å². The van der Waals surface area contributed by atoms with Crippen molar-refractivity contribution in [1.82, 2.24) is 0 Å². The molecule has 2 rings (SSSR count). The molecular formula is C17H10ClF3N2O3S. The number of nitrogens with zero attached hydrogens (tertiary/aromatic N) is 2. The third-order valence-corrected chi connectivity index (χ3v) is 4.64. The minimum Gasteiger partial charge on any atom is -0.456 e. The van der Waals surface area contributed by atoms with E-state index in [-0.39, 0.29) is 27.1 Å². The van der Waals surface area contributed by atoms with Crippen molar-refractivity contribution in [2.45, 2.75) is 16.3 Å². The Balaban J connectivity index is 2.36. The Kier molecular flexibility index (Phi) is 6.36. The van der Waals surface area contributed by atoms with Crippen molar-refractivity contribution >= 4 is 29.1 Å². The highest BCUT2D eigenvalue weighted by Gasteiger charge is 2.31. The molecule has 0 heterocycles. The second kappa shape index (κ2) is 8.33. The highest BCUT2D eigenvalue weighted by Crippen LogP contribution is 2.39. The smallest absolute Gasteiger partial charge is 0.416 e. The number of alkyl halides is 3. The lowest BCUT2D eigenvalue weighted by Crippen LogP contribution is -2.04. The molecule has 0 amide bonds. The Bertz CT molecular complexity index is 929. The van der Waals surface area contributed by atoms with Crippen molar-refractivity contribution < 1.29 is 22.8 Å². The number of thioether (sulfide) groups is 1. The highest BCUT2D eigenvalue weighted by atomic mass is 35.5. The number of hydrogen-bond donors (Lipinski definition) is 0. The summed E-state index contributed by atoms with van der Waals surface area (Å²) in [4.78, 5) is 10.7. The summed E-state index contributed by atoms with van der Waals surface area (Å²) in [5, 5.41) is 19.2. The van der Waals surface area contributed by atoms with Crippen LogP contribution in [0.3, 0.4) is 0 Å². The quantitative estimate of drug-likeness (QED) is 0.242. The molecule has 0 N–H and O–H groups in total. The first-order valence-corrected chi connectivity index (χ1v) is 8.43. The fourth-order valence-corrected chi connectivity index (χ4v) is 3.04. The van der Waals surface area contributed by atoms with E-state index in [2.05, 4.69) is 6.58 Å². The largest absolute Gasteiger partial charge is 0.456 e. The van der Waals surface area contributed by atoms with E-state index in [4.69, 9.17) is 21.6 Å². The summed E-state index contributed by atoms with van der Waals surface area (Å²) in [6, 6.07) is 8.28. The van der Waals surface area contributed by atoms with Crippen molar-refractivity contribution in [3.8, 4) is 17.6 Å². The van der Waals surface area contributed by atoms with E-state index in [0.717, 1.165) is 30.0 Å². The van der Waals surface area contributed by atoms with Crippen molar-refractivity contribution in [2.75, 3.05) is 0 Å². The molecule has 0 saturated carbocycles. The third kappa shape index (κ3) is 5.15. The van der Waals surface area contributed by atoms with Crippen molar-refractivity contribution in [3.05, 3.63) is 69.8 Å². The molecule has 0 fully saturated rings. The maximum Gasteiger partial charge on any atom is 0.416 e. The van der Waals surface area contributed by atoms with Crippen LogP contribution >= 0.6 is 23.4 Å². The van der Waals surface area contributed by atoms with Crippen LogP contribution in [-0.2, 0) is 6.18 Å². The van der Waals surface area contributed by atoms with Gasteiger partial charge in [-0.3, -0.25) is 10.1 Å². The Morgan fingerprint density at radius 3 is 2.56 bits per heavy atom. The number of nitro benzene ring substituents is 1. The molecule has 0 saturated heterocycles. The first kappa shape index (κ1) is 20.6. The summed E-state index contributed by atoms with van der Waals surface area (Å²) in [6.07, 6.45) is -3.22. The molecule has 140 valence electrons. The van der Waals surface area contributed by atoms with Crippen LogP contribution in [0.4, 0.5) is 18.9 Å². The maximum atomic E-state index is 12.7. The van der Waals surface area contributed by atoms with Crippen LogP contribution in [0, 0.1) is 21.4 Å². The number of nitriles is 1. The van der Waals surface area contributed by atoms with E-state index in [1.165, 1.54) is 24.3 Å². The lowest BCUT2D eigenvalue weighted by Gasteiger charge is -2.12. The van der Waals surface area contributed by atoms with Crippen LogP contribution in [0.1, 0.15) is 5.56 Å². The van der Waals surface area contributed by atoms with Crippen LogP contribution in [0.15, 0.2) is 53.9 Å². The van der Waals surface area contributed by atoms with Gasteiger partial charge in [-0.25, -0.2) is 0 Å². The molecule has 2 aromatic rings. The number of ether oxygens (including phenoxy) is 1. The Labute approximate surface area is 161 Å². The minimum atomic E-state index is -4.55. The summed E-state index contributed by atoms with van der Waals surface area (Å²) >= 11 is 6.74. The average molecular weight is 415 g/mol. The molecular weight excluding hydrogens is 405 g/mol. The van der Waals surface area contributed by atoms with E-state index < -0.39 is 21.9 Å². The van der Waals surface area contributed by atoms with E-state index in [0.29, 0.717) is 0 Å². The molecule has 0 aliphatic carbocycles. The molecule has 1 atom stereocenters.